The highest BCUT2D eigenvalue weighted by Gasteiger charge is 2.27. The Kier molecular flexibility index (Phi) is 6.56. The highest BCUT2D eigenvalue weighted by Crippen LogP contribution is 2.34. The lowest BCUT2D eigenvalue weighted by Crippen LogP contribution is -2.30. The highest BCUT2D eigenvalue weighted by atomic mass is 32.1. The summed E-state index contributed by atoms with van der Waals surface area (Å²) < 4.78 is 10.8. The van der Waals surface area contributed by atoms with Crippen molar-refractivity contribution >= 4 is 55.7 Å². The monoisotopic (exact) mass is 463 g/mol. The van der Waals surface area contributed by atoms with E-state index in [1.54, 1.807) is 19.9 Å². The van der Waals surface area contributed by atoms with Crippen molar-refractivity contribution in [3.63, 3.8) is 0 Å². The molecule has 0 spiro atoms. The second-order valence-electron chi connectivity index (χ2n) is 6.63. The summed E-state index contributed by atoms with van der Waals surface area (Å²) in [5.74, 6) is -1.46. The molecule has 3 aromatic rings. The number of rotatable bonds is 6. The summed E-state index contributed by atoms with van der Waals surface area (Å²) in [7, 11) is 2.43. The first-order valence-electron chi connectivity index (χ1n) is 9.31. The first kappa shape index (κ1) is 22.6. The van der Waals surface area contributed by atoms with Gasteiger partial charge in [0, 0.05) is 4.88 Å². The van der Waals surface area contributed by atoms with Crippen molar-refractivity contribution in [2.24, 2.45) is 0 Å². The Labute approximate surface area is 185 Å². The summed E-state index contributed by atoms with van der Waals surface area (Å²) in [5, 5.41) is 3.24. The van der Waals surface area contributed by atoms with E-state index in [4.69, 9.17) is 9.47 Å². The van der Waals surface area contributed by atoms with E-state index in [1.807, 2.05) is 6.92 Å². The maximum Gasteiger partial charge on any atom is 0.348 e. The van der Waals surface area contributed by atoms with E-state index in [-0.39, 0.29) is 27.5 Å². The molecule has 164 valence electrons. The minimum Gasteiger partial charge on any atom is -0.465 e. The Morgan fingerprint density at radius 3 is 2.42 bits per heavy atom. The predicted octanol–water partition coefficient (Wildman–Crippen LogP) is 2.91. The standard InChI is InChI=1S/C20H21N3O6S2/c1-6-11-7-12-16(30-11)21-10(3)23(18(12)25)8-13(24)22-17-14(19(26)28-4)9(2)15(31-17)20(27)29-5/h7H,6,8H2,1-5H3,(H,22,24). The number of thiophene rings is 2. The van der Waals surface area contributed by atoms with Gasteiger partial charge in [-0.25, -0.2) is 14.6 Å². The number of hydrogen-bond acceptors (Lipinski definition) is 9. The SMILES string of the molecule is CCc1cc2c(=O)n(CC(=O)Nc3sc(C(=O)OC)c(C)c3C(=O)OC)c(C)nc2s1. The van der Waals surface area contributed by atoms with Gasteiger partial charge in [0.05, 0.1) is 25.2 Å². The van der Waals surface area contributed by atoms with Crippen molar-refractivity contribution in [1.82, 2.24) is 9.55 Å². The van der Waals surface area contributed by atoms with Gasteiger partial charge in [-0.2, -0.15) is 0 Å². The maximum atomic E-state index is 12.9. The van der Waals surface area contributed by atoms with Crippen LogP contribution in [0.5, 0.6) is 0 Å². The molecule has 3 rings (SSSR count). The van der Waals surface area contributed by atoms with Gasteiger partial charge in [-0.05, 0) is 31.9 Å². The molecule has 0 aliphatic heterocycles. The molecular formula is C20H21N3O6S2. The van der Waals surface area contributed by atoms with Gasteiger partial charge in [-0.15, -0.1) is 22.7 Å². The number of ether oxygens (including phenoxy) is 2. The van der Waals surface area contributed by atoms with E-state index in [0.29, 0.717) is 21.6 Å². The number of carbonyl (C=O) groups excluding carboxylic acids is 3. The molecule has 0 saturated carbocycles. The molecule has 3 heterocycles. The first-order valence-corrected chi connectivity index (χ1v) is 10.9. The molecule has 0 radical (unpaired) electrons. The van der Waals surface area contributed by atoms with Crippen LogP contribution in [-0.2, 0) is 27.2 Å². The lowest BCUT2D eigenvalue weighted by Gasteiger charge is -2.10. The van der Waals surface area contributed by atoms with Crippen molar-refractivity contribution in [1.29, 1.82) is 0 Å². The minimum atomic E-state index is -0.694. The molecule has 1 amide bonds. The fourth-order valence-corrected chi connectivity index (χ4v) is 5.21. The average molecular weight is 464 g/mol. The number of aromatic nitrogens is 2. The zero-order chi connectivity index (χ0) is 22.9. The zero-order valence-corrected chi connectivity index (χ0v) is 19.3. The number of fused-ring (bicyclic) bond motifs is 1. The number of amides is 1. The molecule has 1 N–H and O–H groups in total. The van der Waals surface area contributed by atoms with Crippen LogP contribution in [0.4, 0.5) is 5.00 Å². The largest absolute Gasteiger partial charge is 0.465 e. The van der Waals surface area contributed by atoms with Crippen LogP contribution >= 0.6 is 22.7 Å². The number of anilines is 1. The fourth-order valence-electron chi connectivity index (χ4n) is 3.07. The van der Waals surface area contributed by atoms with E-state index in [9.17, 15) is 19.2 Å². The molecule has 0 unspecified atom stereocenters. The van der Waals surface area contributed by atoms with Gasteiger partial charge in [0.25, 0.3) is 5.56 Å². The molecule has 0 bridgehead atoms. The van der Waals surface area contributed by atoms with Crippen LogP contribution in [-0.4, -0.2) is 41.6 Å². The molecule has 0 saturated heterocycles. The second-order valence-corrected chi connectivity index (χ2v) is 8.76. The van der Waals surface area contributed by atoms with Crippen molar-refractivity contribution in [2.45, 2.75) is 33.7 Å². The molecule has 0 aliphatic rings. The first-order chi connectivity index (χ1) is 14.7. The highest BCUT2D eigenvalue weighted by molar-refractivity contribution is 7.19. The van der Waals surface area contributed by atoms with Gasteiger partial charge in [0.1, 0.15) is 27.1 Å². The van der Waals surface area contributed by atoms with Crippen molar-refractivity contribution < 1.29 is 23.9 Å². The van der Waals surface area contributed by atoms with E-state index < -0.39 is 17.8 Å². The van der Waals surface area contributed by atoms with E-state index in [1.165, 1.54) is 30.1 Å². The molecule has 0 aromatic carbocycles. The molecule has 0 atom stereocenters. The smallest absolute Gasteiger partial charge is 0.348 e. The molecule has 31 heavy (non-hydrogen) atoms. The third kappa shape index (κ3) is 4.23. The zero-order valence-electron chi connectivity index (χ0n) is 17.7. The summed E-state index contributed by atoms with van der Waals surface area (Å²) in [6.07, 6.45) is 0.788. The lowest BCUT2D eigenvalue weighted by atomic mass is 10.1. The number of nitrogens with zero attached hydrogens (tertiary/aromatic N) is 2. The molecule has 0 fully saturated rings. The number of methoxy groups -OCH3 is 2. The summed E-state index contributed by atoms with van der Waals surface area (Å²) in [5.41, 5.74) is 0.115. The molecule has 9 nitrogen and oxygen atoms in total. The number of hydrogen-bond donors (Lipinski definition) is 1. The summed E-state index contributed by atoms with van der Waals surface area (Å²) >= 11 is 2.36. The minimum absolute atomic E-state index is 0.0734. The number of aryl methyl sites for hydroxylation is 2. The summed E-state index contributed by atoms with van der Waals surface area (Å²) in [6, 6.07) is 1.80. The van der Waals surface area contributed by atoms with Crippen LogP contribution in [0.1, 0.15) is 43.2 Å². The van der Waals surface area contributed by atoms with Gasteiger partial charge in [-0.1, -0.05) is 6.92 Å². The number of esters is 2. The number of carbonyl (C=O) groups is 3. The quantitative estimate of drug-likeness (QED) is 0.559. The molecule has 0 aliphatic carbocycles. The third-order valence-corrected chi connectivity index (χ3v) is 7.06. The predicted molar refractivity (Wildman–Crippen MR) is 118 cm³/mol. The van der Waals surface area contributed by atoms with Gasteiger partial charge in [0.15, 0.2) is 0 Å². The fraction of sp³-hybridized carbons (Fsp3) is 0.350. The van der Waals surface area contributed by atoms with Crippen LogP contribution in [0.25, 0.3) is 10.2 Å². The summed E-state index contributed by atoms with van der Waals surface area (Å²) in [4.78, 5) is 56.2. The van der Waals surface area contributed by atoms with Gasteiger partial charge in [-0.3, -0.25) is 14.2 Å². The van der Waals surface area contributed by atoms with Crippen LogP contribution < -0.4 is 10.9 Å². The summed E-state index contributed by atoms with van der Waals surface area (Å²) in [6.45, 7) is 4.92. The maximum absolute atomic E-state index is 12.9. The van der Waals surface area contributed by atoms with Crippen LogP contribution in [0.2, 0.25) is 0 Å². The lowest BCUT2D eigenvalue weighted by molar-refractivity contribution is -0.116. The van der Waals surface area contributed by atoms with Gasteiger partial charge >= 0.3 is 11.9 Å². The second kappa shape index (κ2) is 8.98. The molecular weight excluding hydrogens is 442 g/mol. The van der Waals surface area contributed by atoms with E-state index >= 15 is 0 Å². The Morgan fingerprint density at radius 1 is 1.13 bits per heavy atom. The molecule has 11 heteroatoms. The Morgan fingerprint density at radius 2 is 1.81 bits per heavy atom. The van der Waals surface area contributed by atoms with Crippen molar-refractivity contribution in [3.8, 4) is 0 Å². The van der Waals surface area contributed by atoms with Crippen molar-refractivity contribution in [2.75, 3.05) is 19.5 Å². The normalized spacial score (nSPS) is 10.9. The van der Waals surface area contributed by atoms with Crippen molar-refractivity contribution in [3.05, 3.63) is 43.1 Å². The van der Waals surface area contributed by atoms with Crippen LogP contribution in [0.15, 0.2) is 10.9 Å². The molecule has 3 aromatic heterocycles. The van der Waals surface area contributed by atoms with Gasteiger partial charge < -0.3 is 14.8 Å². The topological polar surface area (TPSA) is 117 Å². The van der Waals surface area contributed by atoms with E-state index in [2.05, 4.69) is 10.3 Å². The average Bonchev–Trinajstić information content (AvgIpc) is 3.30. The van der Waals surface area contributed by atoms with Crippen LogP contribution in [0.3, 0.4) is 0 Å². The Bertz CT molecular complexity index is 1250. The third-order valence-electron chi connectivity index (χ3n) is 4.70. The van der Waals surface area contributed by atoms with E-state index in [0.717, 1.165) is 22.6 Å². The Hall–Kier alpha value is -3.05. The Balaban J connectivity index is 1.95. The van der Waals surface area contributed by atoms with Gasteiger partial charge in [0.2, 0.25) is 5.91 Å². The number of nitrogens with one attached hydrogen (secondary N) is 1. The van der Waals surface area contributed by atoms with Crippen LogP contribution in [0, 0.1) is 13.8 Å².